The van der Waals surface area contributed by atoms with Crippen LogP contribution in [0.5, 0.6) is 11.5 Å². The predicted molar refractivity (Wildman–Crippen MR) is 83.3 cm³/mol. The van der Waals surface area contributed by atoms with Crippen LogP contribution in [0, 0.1) is 11.3 Å². The molecule has 110 valence electrons. The standard InChI is InChI=1S/C17H14N2O3/c1-22-16-5-3-2-4-15(16)19-17(21)13(11-18)10-12-6-8-14(20)9-7-12/h2-10,20H,1H3,(H,19,21). The third-order valence-corrected chi connectivity index (χ3v) is 2.92. The summed E-state index contributed by atoms with van der Waals surface area (Å²) in [5, 5.41) is 21.0. The summed E-state index contributed by atoms with van der Waals surface area (Å²) in [4.78, 5) is 12.2. The Hall–Kier alpha value is -3.26. The number of phenols is 1. The number of benzene rings is 2. The molecular weight excluding hydrogens is 280 g/mol. The fourth-order valence-electron chi connectivity index (χ4n) is 1.82. The predicted octanol–water partition coefficient (Wildman–Crippen LogP) is 2.95. The maximum absolute atomic E-state index is 12.2. The second kappa shape index (κ2) is 6.95. The first kappa shape index (κ1) is 15.1. The number of anilines is 1. The number of hydrogen-bond acceptors (Lipinski definition) is 4. The van der Waals surface area contributed by atoms with Crippen molar-refractivity contribution in [2.45, 2.75) is 0 Å². The molecule has 0 aromatic heterocycles. The molecule has 2 aromatic rings. The van der Waals surface area contributed by atoms with E-state index in [1.807, 2.05) is 6.07 Å². The monoisotopic (exact) mass is 294 g/mol. The van der Waals surface area contributed by atoms with Crippen LogP contribution in [0.15, 0.2) is 54.1 Å². The number of carbonyl (C=O) groups is 1. The molecule has 0 saturated heterocycles. The Kier molecular flexibility index (Phi) is 4.78. The number of amides is 1. The lowest BCUT2D eigenvalue weighted by Gasteiger charge is -2.09. The van der Waals surface area contributed by atoms with E-state index in [1.165, 1.54) is 25.3 Å². The highest BCUT2D eigenvalue weighted by molar-refractivity contribution is 6.10. The van der Waals surface area contributed by atoms with Gasteiger partial charge >= 0.3 is 0 Å². The molecule has 0 bridgehead atoms. The second-order valence-corrected chi connectivity index (χ2v) is 4.42. The van der Waals surface area contributed by atoms with Gasteiger partial charge in [-0.1, -0.05) is 24.3 Å². The van der Waals surface area contributed by atoms with Crippen LogP contribution in [0.3, 0.4) is 0 Å². The topological polar surface area (TPSA) is 82.3 Å². The SMILES string of the molecule is COc1ccccc1NC(=O)C(C#N)=Cc1ccc(O)cc1. The summed E-state index contributed by atoms with van der Waals surface area (Å²) in [6.45, 7) is 0. The summed E-state index contributed by atoms with van der Waals surface area (Å²) >= 11 is 0. The Labute approximate surface area is 128 Å². The summed E-state index contributed by atoms with van der Waals surface area (Å²) < 4.78 is 5.15. The van der Waals surface area contributed by atoms with Crippen molar-refractivity contribution in [3.63, 3.8) is 0 Å². The van der Waals surface area contributed by atoms with Gasteiger partial charge < -0.3 is 15.2 Å². The first-order valence-corrected chi connectivity index (χ1v) is 6.49. The number of ether oxygens (including phenoxy) is 1. The van der Waals surface area contributed by atoms with Crippen LogP contribution < -0.4 is 10.1 Å². The van der Waals surface area contributed by atoms with Gasteiger partial charge in [0.1, 0.15) is 23.1 Å². The van der Waals surface area contributed by atoms with Crippen molar-refractivity contribution < 1.29 is 14.6 Å². The van der Waals surface area contributed by atoms with E-state index in [1.54, 1.807) is 36.4 Å². The molecule has 2 aromatic carbocycles. The van der Waals surface area contributed by atoms with Crippen molar-refractivity contribution in [2.24, 2.45) is 0 Å². The van der Waals surface area contributed by atoms with Crippen molar-refractivity contribution in [1.29, 1.82) is 5.26 Å². The first-order chi connectivity index (χ1) is 10.6. The summed E-state index contributed by atoms with van der Waals surface area (Å²) in [5.74, 6) is 0.104. The molecule has 22 heavy (non-hydrogen) atoms. The Morgan fingerprint density at radius 1 is 1.23 bits per heavy atom. The van der Waals surface area contributed by atoms with Gasteiger partial charge in [-0.3, -0.25) is 4.79 Å². The number of rotatable bonds is 4. The number of methoxy groups -OCH3 is 1. The average molecular weight is 294 g/mol. The van der Waals surface area contributed by atoms with E-state index < -0.39 is 5.91 Å². The highest BCUT2D eigenvalue weighted by Gasteiger charge is 2.12. The van der Waals surface area contributed by atoms with Crippen molar-refractivity contribution >= 4 is 17.7 Å². The summed E-state index contributed by atoms with van der Waals surface area (Å²) in [6, 6.07) is 15.0. The van der Waals surface area contributed by atoms with Crippen molar-refractivity contribution in [3.05, 3.63) is 59.7 Å². The molecule has 2 N–H and O–H groups in total. The molecule has 2 rings (SSSR count). The third kappa shape index (κ3) is 3.64. The van der Waals surface area contributed by atoms with Gasteiger partial charge in [0.25, 0.3) is 5.91 Å². The highest BCUT2D eigenvalue weighted by Crippen LogP contribution is 2.23. The summed E-state index contributed by atoms with van der Waals surface area (Å²) in [6.07, 6.45) is 1.45. The van der Waals surface area contributed by atoms with Crippen molar-refractivity contribution in [2.75, 3.05) is 12.4 Å². The van der Waals surface area contributed by atoms with E-state index in [2.05, 4.69) is 5.32 Å². The Bertz CT molecular complexity index is 743. The zero-order valence-corrected chi connectivity index (χ0v) is 11.9. The second-order valence-electron chi connectivity index (χ2n) is 4.42. The Balaban J connectivity index is 2.22. The van der Waals surface area contributed by atoms with Gasteiger partial charge in [0.2, 0.25) is 0 Å². The van der Waals surface area contributed by atoms with Gasteiger partial charge in [-0.15, -0.1) is 0 Å². The average Bonchev–Trinajstić information content (AvgIpc) is 2.54. The molecule has 0 aliphatic carbocycles. The Morgan fingerprint density at radius 2 is 1.91 bits per heavy atom. The molecule has 1 amide bonds. The number of nitrogens with zero attached hydrogens (tertiary/aromatic N) is 1. The van der Waals surface area contributed by atoms with Crippen LogP contribution in [-0.4, -0.2) is 18.1 Å². The fourth-order valence-corrected chi connectivity index (χ4v) is 1.82. The van der Waals surface area contributed by atoms with Gasteiger partial charge in [0.15, 0.2) is 0 Å². The number of nitrogens with one attached hydrogen (secondary N) is 1. The van der Waals surface area contributed by atoms with Crippen molar-refractivity contribution in [3.8, 4) is 17.6 Å². The molecular formula is C17H14N2O3. The van der Waals surface area contributed by atoms with E-state index in [-0.39, 0.29) is 11.3 Å². The summed E-state index contributed by atoms with van der Waals surface area (Å²) in [7, 11) is 1.50. The van der Waals surface area contributed by atoms with Crippen LogP contribution in [0.2, 0.25) is 0 Å². The quantitative estimate of drug-likeness (QED) is 0.671. The van der Waals surface area contributed by atoms with Gasteiger partial charge in [0.05, 0.1) is 12.8 Å². The number of aromatic hydroxyl groups is 1. The highest BCUT2D eigenvalue weighted by atomic mass is 16.5. The molecule has 0 unspecified atom stereocenters. The number of nitriles is 1. The van der Waals surface area contributed by atoms with Crippen LogP contribution in [0.25, 0.3) is 6.08 Å². The zero-order valence-electron chi connectivity index (χ0n) is 11.9. The third-order valence-electron chi connectivity index (χ3n) is 2.92. The lowest BCUT2D eigenvalue weighted by molar-refractivity contribution is -0.112. The largest absolute Gasteiger partial charge is 0.508 e. The summed E-state index contributed by atoms with van der Waals surface area (Å²) in [5.41, 5.74) is 1.09. The van der Waals surface area contributed by atoms with E-state index in [0.29, 0.717) is 17.0 Å². The number of carbonyl (C=O) groups excluding carboxylic acids is 1. The molecule has 0 fully saturated rings. The van der Waals surface area contributed by atoms with Gasteiger partial charge in [-0.2, -0.15) is 5.26 Å². The number of phenolic OH excluding ortho intramolecular Hbond substituents is 1. The van der Waals surface area contributed by atoms with E-state index in [4.69, 9.17) is 10.00 Å². The minimum absolute atomic E-state index is 0.0448. The number of para-hydroxylation sites is 2. The van der Waals surface area contributed by atoms with E-state index in [0.717, 1.165) is 0 Å². The van der Waals surface area contributed by atoms with Crippen LogP contribution in [0.4, 0.5) is 5.69 Å². The fraction of sp³-hybridized carbons (Fsp3) is 0.0588. The van der Waals surface area contributed by atoms with Crippen LogP contribution in [0.1, 0.15) is 5.56 Å². The molecule has 0 aliphatic heterocycles. The lowest BCUT2D eigenvalue weighted by Crippen LogP contribution is -2.14. The maximum atomic E-state index is 12.2. The normalized spacial score (nSPS) is 10.6. The first-order valence-electron chi connectivity index (χ1n) is 6.49. The molecule has 0 atom stereocenters. The molecule has 5 heteroatoms. The van der Waals surface area contributed by atoms with Crippen LogP contribution >= 0.6 is 0 Å². The van der Waals surface area contributed by atoms with Gasteiger partial charge in [0, 0.05) is 0 Å². The smallest absolute Gasteiger partial charge is 0.266 e. The number of hydrogen-bond donors (Lipinski definition) is 2. The lowest BCUT2D eigenvalue weighted by atomic mass is 10.1. The van der Waals surface area contributed by atoms with E-state index >= 15 is 0 Å². The minimum atomic E-state index is -0.528. The van der Waals surface area contributed by atoms with E-state index in [9.17, 15) is 9.90 Å². The van der Waals surface area contributed by atoms with Gasteiger partial charge in [-0.25, -0.2) is 0 Å². The minimum Gasteiger partial charge on any atom is -0.508 e. The molecule has 0 saturated carbocycles. The molecule has 0 heterocycles. The Morgan fingerprint density at radius 3 is 2.55 bits per heavy atom. The van der Waals surface area contributed by atoms with Gasteiger partial charge in [-0.05, 0) is 35.9 Å². The van der Waals surface area contributed by atoms with Crippen molar-refractivity contribution in [1.82, 2.24) is 0 Å². The molecule has 0 aliphatic rings. The molecule has 0 radical (unpaired) electrons. The maximum Gasteiger partial charge on any atom is 0.266 e. The molecule has 5 nitrogen and oxygen atoms in total. The molecule has 0 spiro atoms. The van der Waals surface area contributed by atoms with Crippen LogP contribution in [-0.2, 0) is 4.79 Å². The zero-order chi connectivity index (χ0) is 15.9.